The number of hydrogen-bond acceptors (Lipinski definition) is 5. The van der Waals surface area contributed by atoms with E-state index in [9.17, 15) is 18.0 Å². The van der Waals surface area contributed by atoms with Gasteiger partial charge >= 0.3 is 5.97 Å². The van der Waals surface area contributed by atoms with E-state index in [4.69, 9.17) is 4.74 Å². The largest absolute Gasteiger partial charge is 0.467 e. The monoisotopic (exact) mass is 410 g/mol. The molecule has 28 heavy (non-hydrogen) atoms. The molecule has 1 aliphatic rings. The molecule has 8 heteroatoms. The Balaban J connectivity index is 2.01. The minimum Gasteiger partial charge on any atom is -0.467 e. The van der Waals surface area contributed by atoms with Gasteiger partial charge < -0.3 is 10.1 Å². The highest BCUT2D eigenvalue weighted by Gasteiger charge is 2.26. The second-order valence-electron chi connectivity index (χ2n) is 7.56. The third-order valence-electron chi connectivity index (χ3n) is 4.77. The third kappa shape index (κ3) is 6.04. The lowest BCUT2D eigenvalue weighted by atomic mass is 10.0. The first-order valence-electron chi connectivity index (χ1n) is 9.70. The van der Waals surface area contributed by atoms with E-state index in [1.807, 2.05) is 13.8 Å². The van der Waals surface area contributed by atoms with Crippen molar-refractivity contribution in [2.75, 3.05) is 20.2 Å². The highest BCUT2D eigenvalue weighted by molar-refractivity contribution is 7.89. The summed E-state index contributed by atoms with van der Waals surface area (Å²) in [5.74, 6) is -0.545. The van der Waals surface area contributed by atoms with Crippen LogP contribution in [0.2, 0.25) is 0 Å². The first kappa shape index (κ1) is 22.4. The van der Waals surface area contributed by atoms with Gasteiger partial charge in [-0.15, -0.1) is 0 Å². The molecule has 1 aromatic rings. The average molecular weight is 411 g/mol. The normalized spacial score (nSPS) is 16.6. The molecule has 1 heterocycles. The summed E-state index contributed by atoms with van der Waals surface area (Å²) in [5.41, 5.74) is 0.684. The van der Waals surface area contributed by atoms with Gasteiger partial charge in [0.1, 0.15) is 6.04 Å². The van der Waals surface area contributed by atoms with E-state index in [1.54, 1.807) is 24.3 Å². The summed E-state index contributed by atoms with van der Waals surface area (Å²) in [5, 5.41) is 2.70. The summed E-state index contributed by atoms with van der Waals surface area (Å²) in [6, 6.07) is 5.69. The Labute approximate surface area is 167 Å². The number of nitrogens with one attached hydrogen (secondary N) is 1. The molecule has 2 rings (SSSR count). The van der Waals surface area contributed by atoms with E-state index in [-0.39, 0.29) is 23.1 Å². The third-order valence-corrected chi connectivity index (χ3v) is 6.68. The molecule has 7 nitrogen and oxygen atoms in total. The molecule has 0 bridgehead atoms. The maximum absolute atomic E-state index is 12.7. The van der Waals surface area contributed by atoms with Gasteiger partial charge in [-0.05, 0) is 42.9 Å². The molecule has 1 fully saturated rings. The fourth-order valence-electron chi connectivity index (χ4n) is 3.29. The zero-order valence-electron chi connectivity index (χ0n) is 16.8. The first-order chi connectivity index (χ1) is 13.2. The SMILES string of the molecule is COC(=O)[C@@H](CC(C)C)NC(=O)Cc1ccc(S(=O)(=O)N2CCCCC2)cc1. The Kier molecular flexibility index (Phi) is 8.00. The standard InChI is InChI=1S/C20H30N2O5S/c1-15(2)13-18(20(24)27-3)21-19(23)14-16-7-9-17(10-8-16)28(25,26)22-11-5-4-6-12-22/h7-10,15,18H,4-6,11-14H2,1-3H3,(H,21,23)/t18-/m1/s1. The van der Waals surface area contributed by atoms with Crippen molar-refractivity contribution >= 4 is 21.9 Å². The second kappa shape index (κ2) is 10.0. The summed E-state index contributed by atoms with van der Waals surface area (Å²) >= 11 is 0. The Hall–Kier alpha value is -1.93. The molecule has 1 aliphatic heterocycles. The van der Waals surface area contributed by atoms with Gasteiger partial charge in [0.15, 0.2) is 0 Å². The number of benzene rings is 1. The van der Waals surface area contributed by atoms with Crippen LogP contribution >= 0.6 is 0 Å². The lowest BCUT2D eigenvalue weighted by Crippen LogP contribution is -2.43. The van der Waals surface area contributed by atoms with Crippen molar-refractivity contribution < 1.29 is 22.7 Å². The highest BCUT2D eigenvalue weighted by Crippen LogP contribution is 2.21. The Morgan fingerprint density at radius 1 is 1.11 bits per heavy atom. The van der Waals surface area contributed by atoms with Gasteiger partial charge in [-0.2, -0.15) is 4.31 Å². The van der Waals surface area contributed by atoms with Crippen LogP contribution in [0.4, 0.5) is 0 Å². The maximum Gasteiger partial charge on any atom is 0.328 e. The van der Waals surface area contributed by atoms with Crippen molar-refractivity contribution in [2.45, 2.75) is 56.9 Å². The van der Waals surface area contributed by atoms with E-state index in [1.165, 1.54) is 11.4 Å². The van der Waals surface area contributed by atoms with Crippen molar-refractivity contribution in [1.29, 1.82) is 0 Å². The number of sulfonamides is 1. The van der Waals surface area contributed by atoms with Gasteiger partial charge in [0.2, 0.25) is 15.9 Å². The number of nitrogens with zero attached hydrogens (tertiary/aromatic N) is 1. The number of hydrogen-bond donors (Lipinski definition) is 1. The molecule has 0 radical (unpaired) electrons. The Bertz CT molecular complexity index is 768. The predicted molar refractivity (Wildman–Crippen MR) is 106 cm³/mol. The zero-order chi connectivity index (χ0) is 20.7. The number of rotatable bonds is 8. The molecule has 0 spiro atoms. The van der Waals surface area contributed by atoms with Gasteiger partial charge in [0.25, 0.3) is 0 Å². The van der Waals surface area contributed by atoms with Crippen LogP contribution in [0.3, 0.4) is 0 Å². The molecule has 0 aromatic heterocycles. The summed E-state index contributed by atoms with van der Waals surface area (Å²) in [7, 11) is -2.19. The molecule has 1 N–H and O–H groups in total. The zero-order valence-corrected chi connectivity index (χ0v) is 17.6. The predicted octanol–water partition coefficient (Wildman–Crippen LogP) is 2.11. The quantitative estimate of drug-likeness (QED) is 0.663. The fraction of sp³-hybridized carbons (Fsp3) is 0.600. The number of ether oxygens (including phenoxy) is 1. The van der Waals surface area contributed by atoms with Crippen molar-refractivity contribution in [3.63, 3.8) is 0 Å². The number of carbonyl (C=O) groups excluding carboxylic acids is 2. The van der Waals surface area contributed by atoms with Gasteiger partial charge in [-0.25, -0.2) is 13.2 Å². The van der Waals surface area contributed by atoms with Crippen molar-refractivity contribution in [3.8, 4) is 0 Å². The van der Waals surface area contributed by atoms with E-state index < -0.39 is 22.0 Å². The number of methoxy groups -OCH3 is 1. The van der Waals surface area contributed by atoms with Crippen molar-refractivity contribution in [1.82, 2.24) is 9.62 Å². The first-order valence-corrected chi connectivity index (χ1v) is 11.1. The van der Waals surface area contributed by atoms with Gasteiger partial charge in [-0.3, -0.25) is 4.79 Å². The molecule has 1 saturated heterocycles. The van der Waals surface area contributed by atoms with Crippen LogP contribution < -0.4 is 5.32 Å². The minimum atomic E-state index is -3.48. The van der Waals surface area contributed by atoms with Crippen molar-refractivity contribution in [3.05, 3.63) is 29.8 Å². The van der Waals surface area contributed by atoms with Crippen LogP contribution in [0.1, 0.15) is 45.1 Å². The molecule has 0 aliphatic carbocycles. The molecule has 1 atom stereocenters. The smallest absolute Gasteiger partial charge is 0.328 e. The number of piperidine rings is 1. The average Bonchev–Trinajstić information content (AvgIpc) is 2.67. The molecular weight excluding hydrogens is 380 g/mol. The van der Waals surface area contributed by atoms with Crippen LogP contribution in [-0.4, -0.2) is 50.8 Å². The summed E-state index contributed by atoms with van der Waals surface area (Å²) in [6.07, 6.45) is 3.38. The molecule has 0 unspecified atom stereocenters. The van der Waals surface area contributed by atoms with Crippen LogP contribution in [0.15, 0.2) is 29.2 Å². The molecule has 1 aromatic carbocycles. The van der Waals surface area contributed by atoms with Gasteiger partial charge in [0.05, 0.1) is 18.4 Å². The van der Waals surface area contributed by atoms with E-state index in [0.29, 0.717) is 25.1 Å². The molecular formula is C20H30N2O5S. The lowest BCUT2D eigenvalue weighted by Gasteiger charge is -2.25. The van der Waals surface area contributed by atoms with Gasteiger partial charge in [0, 0.05) is 13.1 Å². The minimum absolute atomic E-state index is 0.0651. The molecule has 1 amide bonds. The van der Waals surface area contributed by atoms with Crippen molar-refractivity contribution in [2.24, 2.45) is 5.92 Å². The summed E-state index contributed by atoms with van der Waals surface area (Å²) in [6.45, 7) is 5.03. The number of carbonyl (C=O) groups is 2. The maximum atomic E-state index is 12.7. The van der Waals surface area contributed by atoms with E-state index in [0.717, 1.165) is 19.3 Å². The fourth-order valence-corrected chi connectivity index (χ4v) is 4.81. The van der Waals surface area contributed by atoms with E-state index in [2.05, 4.69) is 5.32 Å². The topological polar surface area (TPSA) is 92.8 Å². The van der Waals surface area contributed by atoms with Crippen LogP contribution in [0.5, 0.6) is 0 Å². The molecule has 156 valence electrons. The Morgan fingerprint density at radius 3 is 2.25 bits per heavy atom. The van der Waals surface area contributed by atoms with E-state index >= 15 is 0 Å². The Morgan fingerprint density at radius 2 is 1.71 bits per heavy atom. The number of esters is 1. The highest BCUT2D eigenvalue weighted by atomic mass is 32.2. The summed E-state index contributed by atoms with van der Waals surface area (Å²) in [4.78, 5) is 24.4. The lowest BCUT2D eigenvalue weighted by molar-refractivity contribution is -0.145. The van der Waals surface area contributed by atoms with Crippen LogP contribution in [-0.2, 0) is 30.8 Å². The second-order valence-corrected chi connectivity index (χ2v) is 9.50. The number of amides is 1. The van der Waals surface area contributed by atoms with Gasteiger partial charge in [-0.1, -0.05) is 32.4 Å². The molecule has 0 saturated carbocycles. The van der Waals surface area contributed by atoms with Crippen LogP contribution in [0.25, 0.3) is 0 Å². The summed E-state index contributed by atoms with van der Waals surface area (Å²) < 4.78 is 31.6. The van der Waals surface area contributed by atoms with Crippen LogP contribution in [0, 0.1) is 5.92 Å².